The third kappa shape index (κ3) is 1.82. The summed E-state index contributed by atoms with van der Waals surface area (Å²) in [6.45, 7) is 4.36. The number of carboxylic acids is 1. The third-order valence-corrected chi connectivity index (χ3v) is 2.88. The highest BCUT2D eigenvalue weighted by Gasteiger charge is 2.32. The van der Waals surface area contributed by atoms with Gasteiger partial charge in [0.2, 0.25) is 5.95 Å². The van der Waals surface area contributed by atoms with Crippen LogP contribution in [0, 0.1) is 13.8 Å². The van der Waals surface area contributed by atoms with E-state index < -0.39 is 12.0 Å². The Bertz CT molecular complexity index is 421. The molecule has 1 aliphatic heterocycles. The predicted molar refractivity (Wildman–Crippen MR) is 57.3 cm³/mol. The van der Waals surface area contributed by atoms with Crippen LogP contribution in [0.15, 0.2) is 0 Å². The summed E-state index contributed by atoms with van der Waals surface area (Å²) in [5.41, 5.74) is 1.57. The van der Waals surface area contributed by atoms with E-state index >= 15 is 0 Å². The molecular formula is C10H14N4O2. The normalized spacial score (nSPS) is 20.1. The zero-order chi connectivity index (χ0) is 11.7. The lowest BCUT2D eigenvalue weighted by molar-refractivity contribution is -0.138. The van der Waals surface area contributed by atoms with E-state index in [2.05, 4.69) is 15.2 Å². The van der Waals surface area contributed by atoms with Gasteiger partial charge < -0.3 is 10.0 Å². The van der Waals surface area contributed by atoms with Crippen LogP contribution in [0.5, 0.6) is 0 Å². The van der Waals surface area contributed by atoms with Crippen molar-refractivity contribution in [1.82, 2.24) is 15.2 Å². The fraction of sp³-hybridized carbons (Fsp3) is 0.600. The lowest BCUT2D eigenvalue weighted by atomic mass is 10.2. The van der Waals surface area contributed by atoms with Crippen LogP contribution in [0.4, 0.5) is 5.95 Å². The molecule has 1 atom stereocenters. The molecule has 1 aromatic rings. The number of aliphatic carboxylic acids is 1. The van der Waals surface area contributed by atoms with Crippen LogP contribution >= 0.6 is 0 Å². The molecule has 0 amide bonds. The van der Waals surface area contributed by atoms with E-state index in [0.717, 1.165) is 17.8 Å². The van der Waals surface area contributed by atoms with Gasteiger partial charge in [0, 0.05) is 6.54 Å². The summed E-state index contributed by atoms with van der Waals surface area (Å²) in [7, 11) is 0. The lowest BCUT2D eigenvalue weighted by Crippen LogP contribution is -2.37. The molecule has 1 aliphatic rings. The van der Waals surface area contributed by atoms with E-state index in [-0.39, 0.29) is 0 Å². The zero-order valence-electron chi connectivity index (χ0n) is 9.34. The quantitative estimate of drug-likeness (QED) is 0.786. The monoisotopic (exact) mass is 222 g/mol. The van der Waals surface area contributed by atoms with Gasteiger partial charge in [-0.3, -0.25) is 0 Å². The van der Waals surface area contributed by atoms with Crippen molar-refractivity contribution in [2.75, 3.05) is 11.4 Å². The van der Waals surface area contributed by atoms with Gasteiger partial charge >= 0.3 is 5.97 Å². The van der Waals surface area contributed by atoms with Crippen molar-refractivity contribution in [2.45, 2.75) is 32.7 Å². The minimum absolute atomic E-state index is 0.424. The van der Waals surface area contributed by atoms with Gasteiger partial charge in [-0.25, -0.2) is 9.78 Å². The maximum Gasteiger partial charge on any atom is 0.326 e. The highest BCUT2D eigenvalue weighted by Crippen LogP contribution is 2.22. The number of aryl methyl sites for hydroxylation is 2. The Balaban J connectivity index is 2.29. The molecule has 0 spiro atoms. The Morgan fingerprint density at radius 3 is 2.75 bits per heavy atom. The van der Waals surface area contributed by atoms with Crippen molar-refractivity contribution in [2.24, 2.45) is 0 Å². The van der Waals surface area contributed by atoms with Gasteiger partial charge in [0.1, 0.15) is 6.04 Å². The summed E-state index contributed by atoms with van der Waals surface area (Å²) in [6.07, 6.45) is 1.50. The number of hydrogen-bond donors (Lipinski definition) is 1. The first-order valence-corrected chi connectivity index (χ1v) is 5.27. The molecule has 86 valence electrons. The molecule has 2 heterocycles. The molecule has 16 heavy (non-hydrogen) atoms. The molecule has 0 saturated carbocycles. The molecule has 1 unspecified atom stereocenters. The van der Waals surface area contributed by atoms with Gasteiger partial charge in [0.15, 0.2) is 0 Å². The first-order valence-electron chi connectivity index (χ1n) is 5.27. The van der Waals surface area contributed by atoms with Crippen LogP contribution < -0.4 is 4.90 Å². The van der Waals surface area contributed by atoms with Crippen LogP contribution in [0.25, 0.3) is 0 Å². The van der Waals surface area contributed by atoms with Crippen LogP contribution in [-0.2, 0) is 4.79 Å². The van der Waals surface area contributed by atoms with Crippen molar-refractivity contribution in [3.63, 3.8) is 0 Å². The molecule has 1 N–H and O–H groups in total. The van der Waals surface area contributed by atoms with Gasteiger partial charge in [-0.15, -0.1) is 5.10 Å². The zero-order valence-corrected chi connectivity index (χ0v) is 9.34. The van der Waals surface area contributed by atoms with Crippen LogP contribution in [0.2, 0.25) is 0 Å². The third-order valence-electron chi connectivity index (χ3n) is 2.88. The van der Waals surface area contributed by atoms with Crippen LogP contribution in [0.1, 0.15) is 24.2 Å². The highest BCUT2D eigenvalue weighted by molar-refractivity contribution is 5.77. The number of hydrogen-bond acceptors (Lipinski definition) is 5. The Labute approximate surface area is 93.3 Å². The molecule has 0 radical (unpaired) electrons. The second-order valence-electron chi connectivity index (χ2n) is 3.97. The fourth-order valence-corrected chi connectivity index (χ4v) is 1.83. The van der Waals surface area contributed by atoms with E-state index in [4.69, 9.17) is 5.11 Å². The van der Waals surface area contributed by atoms with Crippen molar-refractivity contribution in [1.29, 1.82) is 0 Å². The predicted octanol–water partition coefficient (Wildman–Crippen LogP) is 0.542. The summed E-state index contributed by atoms with van der Waals surface area (Å²) >= 11 is 0. The average molecular weight is 222 g/mol. The Kier molecular flexibility index (Phi) is 2.72. The number of anilines is 1. The number of aromatic nitrogens is 3. The Morgan fingerprint density at radius 1 is 1.38 bits per heavy atom. The maximum atomic E-state index is 11.0. The minimum Gasteiger partial charge on any atom is -0.480 e. The molecule has 0 bridgehead atoms. The maximum absolute atomic E-state index is 11.0. The van der Waals surface area contributed by atoms with Gasteiger partial charge in [-0.2, -0.15) is 5.10 Å². The van der Waals surface area contributed by atoms with E-state index in [1.54, 1.807) is 4.90 Å². The fourth-order valence-electron chi connectivity index (χ4n) is 1.83. The van der Waals surface area contributed by atoms with Gasteiger partial charge in [0.25, 0.3) is 0 Å². The minimum atomic E-state index is -0.820. The molecule has 0 aliphatic carbocycles. The number of rotatable bonds is 2. The number of carboxylic acid groups (broad SMARTS) is 1. The summed E-state index contributed by atoms with van der Waals surface area (Å²) in [4.78, 5) is 17.0. The topological polar surface area (TPSA) is 79.2 Å². The van der Waals surface area contributed by atoms with E-state index in [0.29, 0.717) is 18.9 Å². The molecule has 6 nitrogen and oxygen atoms in total. The summed E-state index contributed by atoms with van der Waals surface area (Å²) in [6, 6.07) is -0.510. The second kappa shape index (κ2) is 4.03. The molecule has 1 aromatic heterocycles. The molecule has 1 fully saturated rings. The van der Waals surface area contributed by atoms with Gasteiger partial charge in [-0.05, 0) is 26.7 Å². The van der Waals surface area contributed by atoms with E-state index in [1.807, 2.05) is 13.8 Å². The number of carbonyl (C=O) groups is 1. The highest BCUT2D eigenvalue weighted by atomic mass is 16.4. The lowest BCUT2D eigenvalue weighted by Gasteiger charge is -2.20. The summed E-state index contributed by atoms with van der Waals surface area (Å²) < 4.78 is 0. The van der Waals surface area contributed by atoms with Crippen molar-refractivity contribution in [3.05, 3.63) is 11.4 Å². The SMILES string of the molecule is Cc1nnc(N2CCCC2C(=O)O)nc1C. The van der Waals surface area contributed by atoms with E-state index in [1.165, 1.54) is 0 Å². The standard InChI is InChI=1S/C10H14N4O2/c1-6-7(2)12-13-10(11-6)14-5-3-4-8(14)9(15)16/h8H,3-5H2,1-2H3,(H,15,16). The smallest absolute Gasteiger partial charge is 0.326 e. The van der Waals surface area contributed by atoms with Gasteiger partial charge in [0.05, 0.1) is 11.4 Å². The largest absolute Gasteiger partial charge is 0.480 e. The molecule has 0 aromatic carbocycles. The van der Waals surface area contributed by atoms with Crippen LogP contribution in [-0.4, -0.2) is 38.8 Å². The first-order chi connectivity index (χ1) is 7.59. The van der Waals surface area contributed by atoms with Crippen molar-refractivity contribution >= 4 is 11.9 Å². The molecule has 2 rings (SSSR count). The Hall–Kier alpha value is -1.72. The van der Waals surface area contributed by atoms with Crippen molar-refractivity contribution < 1.29 is 9.90 Å². The molecule has 6 heteroatoms. The molecular weight excluding hydrogens is 208 g/mol. The van der Waals surface area contributed by atoms with Crippen molar-refractivity contribution in [3.8, 4) is 0 Å². The number of nitrogens with zero attached hydrogens (tertiary/aromatic N) is 4. The summed E-state index contributed by atoms with van der Waals surface area (Å²) in [5, 5.41) is 17.0. The summed E-state index contributed by atoms with van der Waals surface area (Å²) in [5.74, 6) is -0.396. The second-order valence-corrected chi connectivity index (χ2v) is 3.97. The van der Waals surface area contributed by atoms with Crippen LogP contribution in [0.3, 0.4) is 0 Å². The first kappa shape index (κ1) is 10.8. The van der Waals surface area contributed by atoms with Gasteiger partial charge in [-0.1, -0.05) is 0 Å². The molecule has 1 saturated heterocycles. The Morgan fingerprint density at radius 2 is 2.12 bits per heavy atom. The average Bonchev–Trinajstić information content (AvgIpc) is 2.71. The van der Waals surface area contributed by atoms with E-state index in [9.17, 15) is 4.79 Å².